The van der Waals surface area contributed by atoms with Crippen LogP contribution in [-0.4, -0.2) is 62.5 Å². The number of nitrogen functional groups attached to an aromatic ring is 1. The number of nitrogens with two attached hydrogens (primary N) is 1. The van der Waals surface area contributed by atoms with Gasteiger partial charge in [0, 0.05) is 0 Å². The molecule has 3 atom stereocenters. The number of hydrogen-bond acceptors (Lipinski definition) is 10. The van der Waals surface area contributed by atoms with Crippen LogP contribution in [0.5, 0.6) is 0 Å². The van der Waals surface area contributed by atoms with Gasteiger partial charge in [0.2, 0.25) is 0 Å². The maximum atomic E-state index is 10.8. The first-order chi connectivity index (χ1) is 13.4. The normalized spacial score (nSPS) is 27.0. The number of rotatable bonds is 2. The van der Waals surface area contributed by atoms with Crippen molar-refractivity contribution in [2.24, 2.45) is 0 Å². The molecular weight excluding hydrogens is 388 g/mol. The van der Waals surface area contributed by atoms with Crippen LogP contribution in [0.15, 0.2) is 29.1 Å². The van der Waals surface area contributed by atoms with Gasteiger partial charge in [0.1, 0.15) is 0 Å². The monoisotopic (exact) mass is 409 g/mol. The van der Waals surface area contributed by atoms with E-state index in [4.69, 9.17) is 23.9 Å². The van der Waals surface area contributed by atoms with E-state index in [1.165, 1.54) is 20.2 Å². The van der Waals surface area contributed by atoms with Crippen molar-refractivity contribution in [3.8, 4) is 11.6 Å². The van der Waals surface area contributed by atoms with Gasteiger partial charge in [-0.05, 0) is 0 Å². The molecule has 3 aromatic heterocycles. The second-order valence-corrected chi connectivity index (χ2v) is 9.01. The summed E-state index contributed by atoms with van der Waals surface area (Å²) in [6, 6.07) is 3.44. The van der Waals surface area contributed by atoms with E-state index in [9.17, 15) is 10.00 Å². The molecule has 0 unspecified atom stereocenters. The van der Waals surface area contributed by atoms with Crippen molar-refractivity contribution in [2.75, 3.05) is 18.9 Å². The fraction of sp³-hybridized carbons (Fsp3) is 0.400. The molecule has 4 N–H and O–H groups in total. The zero-order valence-electron chi connectivity index (χ0n) is 15.3. The molecule has 28 heavy (non-hydrogen) atoms. The number of aliphatic hydroxyl groups is 1. The molecule has 13 heteroatoms. The van der Waals surface area contributed by atoms with E-state index in [2.05, 4.69) is 15.0 Å². The first-order valence-corrected chi connectivity index (χ1v) is 11.0. The van der Waals surface area contributed by atoms with Gasteiger partial charge in [-0.25, -0.2) is 0 Å². The Morgan fingerprint density at radius 2 is 2.11 bits per heavy atom. The van der Waals surface area contributed by atoms with E-state index in [0.29, 0.717) is 22.7 Å². The Kier molecular flexibility index (Phi) is 5.08. The predicted molar refractivity (Wildman–Crippen MR) is 104 cm³/mol. The van der Waals surface area contributed by atoms with Crippen molar-refractivity contribution < 1.29 is 28.2 Å². The summed E-state index contributed by atoms with van der Waals surface area (Å²) in [5.74, 6) is 1.00. The number of ether oxygens (including phenoxy) is 1. The number of hydrogen-bond donors (Lipinski definition) is 3. The van der Waals surface area contributed by atoms with Crippen LogP contribution in [0.3, 0.4) is 0 Å². The second-order valence-electron chi connectivity index (χ2n) is 6.64. The number of aliphatic hydroxyl groups excluding tert-OH is 1. The van der Waals surface area contributed by atoms with Crippen LogP contribution in [0, 0.1) is 0 Å². The zero-order valence-corrected chi connectivity index (χ0v) is 16.3. The second kappa shape index (κ2) is 7.39. The molecule has 0 spiro atoms. The molecule has 150 valence electrons. The quantitative estimate of drug-likeness (QED) is 0.390. The first kappa shape index (κ1) is 19.3. The predicted octanol–water partition coefficient (Wildman–Crippen LogP) is 0.0152. The number of nitrogens with zero attached hydrogens (tertiary/aromatic N) is 4. The topological polar surface area (TPSA) is 151 Å². The summed E-state index contributed by atoms with van der Waals surface area (Å²) < 4.78 is 24.0. The third-order valence-electron chi connectivity index (χ3n) is 4.31. The van der Waals surface area contributed by atoms with E-state index in [1.807, 2.05) is 0 Å². The van der Waals surface area contributed by atoms with Crippen LogP contribution in [0.4, 0.5) is 5.82 Å². The minimum absolute atomic E-state index is 0.0995. The van der Waals surface area contributed by atoms with E-state index >= 15 is 0 Å². The van der Waals surface area contributed by atoms with Gasteiger partial charge in [-0.15, -0.1) is 0 Å². The fourth-order valence-electron chi connectivity index (χ4n) is 2.98. The van der Waals surface area contributed by atoms with Gasteiger partial charge in [0.05, 0.1) is 0 Å². The van der Waals surface area contributed by atoms with E-state index in [1.54, 1.807) is 23.6 Å². The average molecular weight is 409 g/mol. The van der Waals surface area contributed by atoms with Crippen LogP contribution in [0.2, 0.25) is 0 Å². The zero-order chi connectivity index (χ0) is 19.9. The number of imidazole rings is 1. The van der Waals surface area contributed by atoms with Crippen molar-refractivity contribution in [2.45, 2.75) is 25.4 Å². The van der Waals surface area contributed by atoms with Crippen molar-refractivity contribution >= 4 is 32.4 Å². The van der Waals surface area contributed by atoms with Gasteiger partial charge in [0.15, 0.2) is 0 Å². The van der Waals surface area contributed by atoms with Crippen LogP contribution >= 0.6 is 7.82 Å². The van der Waals surface area contributed by atoms with E-state index < -0.39 is 26.3 Å². The summed E-state index contributed by atoms with van der Waals surface area (Å²) in [4.78, 5) is 23.0. The van der Waals surface area contributed by atoms with Gasteiger partial charge in [-0.1, -0.05) is 0 Å². The van der Waals surface area contributed by atoms with Gasteiger partial charge in [0.25, 0.3) is 0 Å². The van der Waals surface area contributed by atoms with Crippen molar-refractivity contribution in [1.29, 1.82) is 0 Å². The molecule has 0 radical (unpaired) electrons. The molecule has 3 aromatic rings. The SMILES string of the molecule is B[PH]1(O)OC[C@H](C)O[C@@H](n2c(-c3ccco3)nc3c(N)ncnc32)[C@@H](O)CO1. The van der Waals surface area contributed by atoms with Gasteiger partial charge in [-0.3, -0.25) is 0 Å². The molecule has 11 nitrogen and oxygen atoms in total. The summed E-state index contributed by atoms with van der Waals surface area (Å²) in [5, 5.41) is 10.8. The van der Waals surface area contributed by atoms with E-state index in [0.717, 1.165) is 0 Å². The van der Waals surface area contributed by atoms with Gasteiger partial charge < -0.3 is 0 Å². The number of aromatic nitrogens is 4. The first-order valence-electron chi connectivity index (χ1n) is 8.72. The fourth-order valence-corrected chi connectivity index (χ4v) is 4.09. The summed E-state index contributed by atoms with van der Waals surface area (Å²) in [7, 11) is -1.87. The van der Waals surface area contributed by atoms with Crippen LogP contribution in [0.25, 0.3) is 22.7 Å². The Labute approximate surface area is 161 Å². The third-order valence-corrected chi connectivity index (χ3v) is 5.71. The minimum atomic E-state index is -3.36. The number of anilines is 1. The Balaban J connectivity index is 1.86. The maximum absolute atomic E-state index is 10.8. The van der Waals surface area contributed by atoms with E-state index in [-0.39, 0.29) is 19.0 Å². The van der Waals surface area contributed by atoms with Gasteiger partial charge in [-0.2, -0.15) is 0 Å². The molecule has 0 amide bonds. The molecule has 0 aliphatic carbocycles. The summed E-state index contributed by atoms with van der Waals surface area (Å²) in [6.07, 6.45) is 0.272. The van der Waals surface area contributed by atoms with Crippen molar-refractivity contribution in [3.63, 3.8) is 0 Å². The number of furan rings is 1. The number of fused-ring (bicyclic) bond motifs is 1. The molecule has 1 saturated heterocycles. The molecule has 1 fully saturated rings. The van der Waals surface area contributed by atoms with Crippen molar-refractivity contribution in [1.82, 2.24) is 19.5 Å². The Morgan fingerprint density at radius 1 is 1.32 bits per heavy atom. The molecule has 0 bridgehead atoms. The van der Waals surface area contributed by atoms with Crippen LogP contribution < -0.4 is 5.73 Å². The Hall–Kier alpha value is -2.08. The van der Waals surface area contributed by atoms with Crippen LogP contribution in [-0.2, 0) is 13.8 Å². The standard InChI is InChI=1S/C15H21BN5O6P/c1-8-5-25-28(16,23)26-6-9(22)15(27-8)21-13(10-3-2-4-24-10)20-11-12(17)18-7-19-14(11)21/h2-4,7-9,15,22-23,28H,5-6,16H2,1H3,(H2,17,18,19)/t8-,9-,15+/m0/s1. The van der Waals surface area contributed by atoms with Crippen LogP contribution in [0.1, 0.15) is 13.2 Å². The summed E-state index contributed by atoms with van der Waals surface area (Å²) >= 11 is 0. The van der Waals surface area contributed by atoms with Gasteiger partial charge >= 0.3 is 161 Å². The molecule has 0 aromatic carbocycles. The molecular formula is C15H21BN5O6P. The Morgan fingerprint density at radius 3 is 2.86 bits per heavy atom. The molecule has 4 rings (SSSR count). The van der Waals surface area contributed by atoms with Crippen molar-refractivity contribution in [3.05, 3.63) is 24.7 Å². The molecule has 4 heterocycles. The molecule has 1 aliphatic rings. The third kappa shape index (κ3) is 3.62. The summed E-state index contributed by atoms with van der Waals surface area (Å²) in [5.41, 5.74) is 6.70. The summed E-state index contributed by atoms with van der Waals surface area (Å²) in [6.45, 7) is 1.67. The molecule has 0 saturated carbocycles. The molecule has 1 aliphatic heterocycles. The Bertz CT molecular complexity index is 967. The average Bonchev–Trinajstić information content (AvgIpc) is 3.31.